The van der Waals surface area contributed by atoms with Crippen LogP contribution in [0.3, 0.4) is 0 Å². The molecule has 5 nitrogen and oxygen atoms in total. The van der Waals surface area contributed by atoms with E-state index in [2.05, 4.69) is 27.5 Å². The Hall–Kier alpha value is -3.25. The number of benzene rings is 2. The quantitative estimate of drug-likeness (QED) is 0.555. The van der Waals surface area contributed by atoms with Gasteiger partial charge in [-0.05, 0) is 35.7 Å². The molecule has 4 rings (SSSR count). The lowest BCUT2D eigenvalue weighted by Crippen LogP contribution is -2.13. The number of anilines is 1. The van der Waals surface area contributed by atoms with E-state index in [1.165, 1.54) is 11.3 Å². The molecule has 0 fully saturated rings. The predicted octanol–water partition coefficient (Wildman–Crippen LogP) is 4.62. The summed E-state index contributed by atoms with van der Waals surface area (Å²) >= 11 is 1.43. The van der Waals surface area contributed by atoms with Crippen LogP contribution in [-0.4, -0.2) is 20.7 Å². The first-order chi connectivity index (χ1) is 13.2. The van der Waals surface area contributed by atoms with Gasteiger partial charge >= 0.3 is 0 Å². The topological polar surface area (TPSA) is 59.8 Å². The fourth-order valence-corrected chi connectivity index (χ4v) is 3.56. The second kappa shape index (κ2) is 7.55. The molecule has 0 aliphatic heterocycles. The van der Waals surface area contributed by atoms with Crippen LogP contribution in [0.5, 0.6) is 0 Å². The minimum Gasteiger partial charge on any atom is -0.298 e. The third kappa shape index (κ3) is 3.96. The number of nitrogens with zero attached hydrogens (tertiary/aromatic N) is 3. The maximum absolute atomic E-state index is 12.7. The normalized spacial score (nSPS) is 10.7. The molecule has 0 saturated heterocycles. The van der Waals surface area contributed by atoms with E-state index in [-0.39, 0.29) is 5.91 Å². The average Bonchev–Trinajstić information content (AvgIpc) is 3.34. The molecule has 134 valence electrons. The van der Waals surface area contributed by atoms with Crippen molar-refractivity contribution in [3.05, 3.63) is 89.2 Å². The van der Waals surface area contributed by atoms with E-state index in [0.717, 1.165) is 28.9 Å². The highest BCUT2D eigenvalue weighted by atomic mass is 32.1. The van der Waals surface area contributed by atoms with Gasteiger partial charge < -0.3 is 0 Å². The van der Waals surface area contributed by atoms with Gasteiger partial charge in [0.05, 0.1) is 12.2 Å². The number of amides is 1. The van der Waals surface area contributed by atoms with Crippen molar-refractivity contribution in [3.63, 3.8) is 0 Å². The Morgan fingerprint density at radius 3 is 2.63 bits per heavy atom. The van der Waals surface area contributed by atoms with Crippen LogP contribution >= 0.6 is 11.3 Å². The first-order valence-electron chi connectivity index (χ1n) is 8.58. The van der Waals surface area contributed by atoms with E-state index in [1.807, 2.05) is 65.6 Å². The smallest absolute Gasteiger partial charge is 0.258 e. The van der Waals surface area contributed by atoms with Crippen molar-refractivity contribution >= 4 is 22.4 Å². The van der Waals surface area contributed by atoms with Gasteiger partial charge in [-0.15, -0.1) is 11.3 Å². The van der Waals surface area contributed by atoms with Crippen LogP contribution in [0.4, 0.5) is 5.13 Å². The van der Waals surface area contributed by atoms with E-state index in [9.17, 15) is 4.79 Å². The van der Waals surface area contributed by atoms with Crippen molar-refractivity contribution in [1.29, 1.82) is 0 Å². The van der Waals surface area contributed by atoms with Crippen LogP contribution in [0, 0.1) is 6.92 Å². The summed E-state index contributed by atoms with van der Waals surface area (Å²) in [5.74, 6) is -0.152. The van der Waals surface area contributed by atoms with Crippen LogP contribution in [0.15, 0.2) is 72.4 Å². The molecule has 1 N–H and O–H groups in total. The van der Waals surface area contributed by atoms with E-state index in [0.29, 0.717) is 10.7 Å². The highest BCUT2D eigenvalue weighted by Crippen LogP contribution is 2.25. The molecule has 0 saturated carbocycles. The Kier molecular flexibility index (Phi) is 4.80. The van der Waals surface area contributed by atoms with E-state index in [4.69, 9.17) is 0 Å². The second-order valence-corrected chi connectivity index (χ2v) is 7.05. The number of aryl methyl sites for hydroxylation is 1. The number of hydrogen-bond donors (Lipinski definition) is 1. The molecule has 0 bridgehead atoms. The molecular formula is C21H18N4OS. The standard InChI is InChI=1S/C21H18N4OS/c1-15-14-27-21(23-15)24-20(26)19-6-3-2-5-18(19)17-9-7-16(8-10-17)13-25-12-4-11-22-25/h2-12,14H,13H2,1H3,(H,23,24,26). The Labute approximate surface area is 161 Å². The summed E-state index contributed by atoms with van der Waals surface area (Å²) in [6.07, 6.45) is 3.71. The van der Waals surface area contributed by atoms with Gasteiger partial charge in [-0.25, -0.2) is 4.98 Å². The van der Waals surface area contributed by atoms with Gasteiger partial charge in [0.25, 0.3) is 5.91 Å². The fourth-order valence-electron chi connectivity index (χ4n) is 2.88. The van der Waals surface area contributed by atoms with Gasteiger partial charge in [-0.1, -0.05) is 42.5 Å². The number of carbonyl (C=O) groups is 1. The molecular weight excluding hydrogens is 356 g/mol. The monoisotopic (exact) mass is 374 g/mol. The number of carbonyl (C=O) groups excluding carboxylic acids is 1. The van der Waals surface area contributed by atoms with Gasteiger partial charge in [-0.2, -0.15) is 5.10 Å². The molecule has 0 aliphatic rings. The number of hydrogen-bond acceptors (Lipinski definition) is 4. The summed E-state index contributed by atoms with van der Waals surface area (Å²) in [6, 6.07) is 17.7. The molecule has 0 spiro atoms. The van der Waals surface area contributed by atoms with Crippen molar-refractivity contribution in [2.24, 2.45) is 0 Å². The molecule has 2 aromatic heterocycles. The van der Waals surface area contributed by atoms with Crippen molar-refractivity contribution in [2.45, 2.75) is 13.5 Å². The van der Waals surface area contributed by atoms with Crippen LogP contribution in [-0.2, 0) is 6.54 Å². The SMILES string of the molecule is Cc1csc(NC(=O)c2ccccc2-c2ccc(Cn3cccn3)cc2)n1. The summed E-state index contributed by atoms with van der Waals surface area (Å²) in [5.41, 5.74) is 4.58. The van der Waals surface area contributed by atoms with E-state index >= 15 is 0 Å². The molecule has 0 unspecified atom stereocenters. The first-order valence-corrected chi connectivity index (χ1v) is 9.46. The summed E-state index contributed by atoms with van der Waals surface area (Å²) in [4.78, 5) is 17.0. The van der Waals surface area contributed by atoms with Crippen molar-refractivity contribution in [1.82, 2.24) is 14.8 Å². The Bertz CT molecular complexity index is 1050. The van der Waals surface area contributed by atoms with Crippen molar-refractivity contribution < 1.29 is 4.79 Å². The minimum absolute atomic E-state index is 0.152. The molecule has 0 radical (unpaired) electrons. The second-order valence-electron chi connectivity index (χ2n) is 6.19. The van der Waals surface area contributed by atoms with E-state index < -0.39 is 0 Å². The van der Waals surface area contributed by atoms with Gasteiger partial charge in [0, 0.05) is 23.3 Å². The molecule has 27 heavy (non-hydrogen) atoms. The number of thiazole rings is 1. The lowest BCUT2D eigenvalue weighted by atomic mass is 9.98. The zero-order valence-corrected chi connectivity index (χ0v) is 15.6. The fraction of sp³-hybridized carbons (Fsp3) is 0.0952. The Morgan fingerprint density at radius 2 is 1.93 bits per heavy atom. The average molecular weight is 374 g/mol. The lowest BCUT2D eigenvalue weighted by Gasteiger charge is -2.10. The summed E-state index contributed by atoms with van der Waals surface area (Å²) in [6.45, 7) is 2.63. The lowest BCUT2D eigenvalue weighted by molar-refractivity contribution is 0.102. The summed E-state index contributed by atoms with van der Waals surface area (Å²) in [7, 11) is 0. The predicted molar refractivity (Wildman–Crippen MR) is 108 cm³/mol. The zero-order valence-electron chi connectivity index (χ0n) is 14.8. The third-order valence-electron chi connectivity index (χ3n) is 4.18. The van der Waals surface area contributed by atoms with Crippen molar-refractivity contribution in [3.8, 4) is 11.1 Å². The highest BCUT2D eigenvalue weighted by molar-refractivity contribution is 7.13. The summed E-state index contributed by atoms with van der Waals surface area (Å²) < 4.78 is 1.88. The minimum atomic E-state index is -0.152. The number of aromatic nitrogens is 3. The van der Waals surface area contributed by atoms with Crippen molar-refractivity contribution in [2.75, 3.05) is 5.32 Å². The van der Waals surface area contributed by atoms with Gasteiger partial charge in [0.1, 0.15) is 0 Å². The van der Waals surface area contributed by atoms with Gasteiger partial charge in [-0.3, -0.25) is 14.8 Å². The maximum atomic E-state index is 12.7. The molecule has 4 aromatic rings. The number of rotatable bonds is 5. The molecule has 2 heterocycles. The van der Waals surface area contributed by atoms with Gasteiger partial charge in [0.2, 0.25) is 0 Å². The molecule has 2 aromatic carbocycles. The maximum Gasteiger partial charge on any atom is 0.258 e. The van der Waals surface area contributed by atoms with Crippen LogP contribution < -0.4 is 5.32 Å². The zero-order chi connectivity index (χ0) is 18.6. The highest BCUT2D eigenvalue weighted by Gasteiger charge is 2.14. The van der Waals surface area contributed by atoms with Crippen LogP contribution in [0.25, 0.3) is 11.1 Å². The summed E-state index contributed by atoms with van der Waals surface area (Å²) in [5, 5.41) is 9.65. The molecule has 0 atom stereocenters. The largest absolute Gasteiger partial charge is 0.298 e. The van der Waals surface area contributed by atoms with E-state index in [1.54, 1.807) is 6.20 Å². The molecule has 0 aliphatic carbocycles. The van der Waals surface area contributed by atoms with Crippen LogP contribution in [0.1, 0.15) is 21.6 Å². The Balaban J connectivity index is 1.57. The number of nitrogens with one attached hydrogen (secondary N) is 1. The molecule has 6 heteroatoms. The third-order valence-corrected chi connectivity index (χ3v) is 5.06. The Morgan fingerprint density at radius 1 is 1.11 bits per heavy atom. The van der Waals surface area contributed by atoms with Crippen LogP contribution in [0.2, 0.25) is 0 Å². The first kappa shape index (κ1) is 17.2. The molecule has 1 amide bonds. The van der Waals surface area contributed by atoms with Gasteiger partial charge in [0.15, 0.2) is 5.13 Å².